The molecule has 1 N–H and O–H groups in total. The van der Waals surface area contributed by atoms with E-state index in [-0.39, 0.29) is 0 Å². The Morgan fingerprint density at radius 2 is 2.12 bits per heavy atom. The lowest BCUT2D eigenvalue weighted by molar-refractivity contribution is -0.0111. The quantitative estimate of drug-likeness (QED) is 0.841. The smallest absolute Gasteiger partial charge is 0.0937 e. The van der Waals surface area contributed by atoms with E-state index < -0.39 is 5.60 Å². The predicted molar refractivity (Wildman–Crippen MR) is 64.0 cm³/mol. The SMILES string of the molecule is CN(C)CC1CCCC1(O)c1ccncc1. The van der Waals surface area contributed by atoms with Gasteiger partial charge in [-0.25, -0.2) is 0 Å². The normalized spacial score (nSPS) is 29.9. The summed E-state index contributed by atoms with van der Waals surface area (Å²) in [6.07, 6.45) is 6.61. The molecular weight excluding hydrogens is 200 g/mol. The average molecular weight is 220 g/mol. The highest BCUT2D eigenvalue weighted by molar-refractivity contribution is 5.22. The number of rotatable bonds is 3. The van der Waals surface area contributed by atoms with E-state index >= 15 is 0 Å². The van der Waals surface area contributed by atoms with E-state index in [0.717, 1.165) is 31.4 Å². The Hall–Kier alpha value is -0.930. The number of hydrogen-bond donors (Lipinski definition) is 1. The van der Waals surface area contributed by atoms with Crippen LogP contribution in [0.1, 0.15) is 24.8 Å². The standard InChI is InChI=1S/C13H20N2O/c1-15(2)10-12-4-3-7-13(12,16)11-5-8-14-9-6-11/h5-6,8-9,12,16H,3-4,7,10H2,1-2H3. The molecule has 2 rings (SSSR count). The molecule has 2 atom stereocenters. The molecule has 0 bridgehead atoms. The lowest BCUT2D eigenvalue weighted by Gasteiger charge is -2.32. The molecule has 88 valence electrons. The Morgan fingerprint density at radius 3 is 2.75 bits per heavy atom. The molecule has 1 aliphatic rings. The minimum absolute atomic E-state index is 0.338. The second-order valence-electron chi connectivity index (χ2n) is 5.01. The van der Waals surface area contributed by atoms with Crippen molar-refractivity contribution in [3.8, 4) is 0 Å². The summed E-state index contributed by atoms with van der Waals surface area (Å²) < 4.78 is 0. The summed E-state index contributed by atoms with van der Waals surface area (Å²) in [7, 11) is 4.12. The molecule has 3 heteroatoms. The molecule has 3 nitrogen and oxygen atoms in total. The summed E-state index contributed by atoms with van der Waals surface area (Å²) in [4.78, 5) is 6.17. The molecule has 0 radical (unpaired) electrons. The maximum absolute atomic E-state index is 10.8. The predicted octanol–water partition coefficient (Wildman–Crippen LogP) is 1.63. The Balaban J connectivity index is 2.23. The van der Waals surface area contributed by atoms with E-state index in [9.17, 15) is 5.11 Å². The topological polar surface area (TPSA) is 36.4 Å². The lowest BCUT2D eigenvalue weighted by Crippen LogP contribution is -2.36. The third-order valence-corrected chi connectivity index (χ3v) is 3.55. The van der Waals surface area contributed by atoms with Crippen LogP contribution in [0.3, 0.4) is 0 Å². The van der Waals surface area contributed by atoms with Crippen molar-refractivity contribution in [1.29, 1.82) is 0 Å². The third-order valence-electron chi connectivity index (χ3n) is 3.55. The molecule has 1 aromatic rings. The van der Waals surface area contributed by atoms with Crippen molar-refractivity contribution >= 4 is 0 Å². The minimum atomic E-state index is -0.646. The first kappa shape index (κ1) is 11.6. The van der Waals surface area contributed by atoms with Gasteiger partial charge in [-0.15, -0.1) is 0 Å². The Labute approximate surface area is 97.1 Å². The Bertz CT molecular complexity index is 339. The Morgan fingerprint density at radius 1 is 1.44 bits per heavy atom. The molecule has 0 aliphatic heterocycles. The summed E-state index contributed by atoms with van der Waals surface area (Å²) in [5.41, 5.74) is 0.375. The van der Waals surface area contributed by atoms with Gasteiger partial charge in [0.15, 0.2) is 0 Å². The zero-order valence-electron chi connectivity index (χ0n) is 10.1. The molecule has 1 aromatic heterocycles. The summed E-state index contributed by atoms with van der Waals surface area (Å²) >= 11 is 0. The number of aromatic nitrogens is 1. The van der Waals surface area contributed by atoms with Crippen LogP contribution < -0.4 is 0 Å². The molecule has 1 fully saturated rings. The van der Waals surface area contributed by atoms with Crippen LogP contribution in [0.2, 0.25) is 0 Å². The van der Waals surface area contributed by atoms with E-state index in [0.29, 0.717) is 5.92 Å². The molecular formula is C13H20N2O. The van der Waals surface area contributed by atoms with Crippen LogP contribution in [0.15, 0.2) is 24.5 Å². The van der Waals surface area contributed by atoms with Crippen LogP contribution in [0.5, 0.6) is 0 Å². The fraction of sp³-hybridized carbons (Fsp3) is 0.615. The molecule has 1 saturated carbocycles. The van der Waals surface area contributed by atoms with Crippen LogP contribution in [0.25, 0.3) is 0 Å². The van der Waals surface area contributed by atoms with E-state index in [1.165, 1.54) is 0 Å². The number of hydrogen-bond acceptors (Lipinski definition) is 3. The highest BCUT2D eigenvalue weighted by atomic mass is 16.3. The van der Waals surface area contributed by atoms with Crippen LogP contribution in [-0.4, -0.2) is 35.6 Å². The van der Waals surface area contributed by atoms with Gasteiger partial charge in [0, 0.05) is 24.9 Å². The van der Waals surface area contributed by atoms with E-state index in [2.05, 4.69) is 24.0 Å². The van der Waals surface area contributed by atoms with Crippen molar-refractivity contribution < 1.29 is 5.11 Å². The van der Waals surface area contributed by atoms with Gasteiger partial charge in [0.25, 0.3) is 0 Å². The minimum Gasteiger partial charge on any atom is -0.385 e. The van der Waals surface area contributed by atoms with E-state index in [1.54, 1.807) is 12.4 Å². The summed E-state index contributed by atoms with van der Waals surface area (Å²) in [6, 6.07) is 3.88. The zero-order valence-corrected chi connectivity index (χ0v) is 10.1. The van der Waals surface area contributed by atoms with Crippen molar-refractivity contribution in [3.05, 3.63) is 30.1 Å². The van der Waals surface area contributed by atoms with Gasteiger partial charge in [-0.3, -0.25) is 4.98 Å². The van der Waals surface area contributed by atoms with E-state index in [1.807, 2.05) is 12.1 Å². The molecule has 0 amide bonds. The van der Waals surface area contributed by atoms with Gasteiger partial charge in [0.05, 0.1) is 5.60 Å². The van der Waals surface area contributed by atoms with Gasteiger partial charge in [-0.2, -0.15) is 0 Å². The van der Waals surface area contributed by atoms with Crippen molar-refractivity contribution in [1.82, 2.24) is 9.88 Å². The number of aliphatic hydroxyl groups is 1. The molecule has 1 heterocycles. The first-order valence-electron chi connectivity index (χ1n) is 5.90. The monoisotopic (exact) mass is 220 g/mol. The summed E-state index contributed by atoms with van der Waals surface area (Å²) in [5, 5.41) is 10.8. The van der Waals surface area contributed by atoms with Crippen molar-refractivity contribution in [2.75, 3.05) is 20.6 Å². The Kier molecular flexibility index (Phi) is 3.26. The fourth-order valence-corrected chi connectivity index (χ4v) is 2.76. The van der Waals surface area contributed by atoms with Gasteiger partial charge >= 0.3 is 0 Å². The van der Waals surface area contributed by atoms with Gasteiger partial charge < -0.3 is 10.0 Å². The highest BCUT2D eigenvalue weighted by Crippen LogP contribution is 2.43. The molecule has 2 unspecified atom stereocenters. The maximum atomic E-state index is 10.8. The molecule has 16 heavy (non-hydrogen) atoms. The highest BCUT2D eigenvalue weighted by Gasteiger charge is 2.42. The molecule has 0 aromatic carbocycles. The third kappa shape index (κ3) is 2.11. The second kappa shape index (κ2) is 4.52. The summed E-state index contributed by atoms with van der Waals surface area (Å²) in [6.45, 7) is 0.943. The number of nitrogens with zero attached hydrogens (tertiary/aromatic N) is 2. The van der Waals surface area contributed by atoms with Gasteiger partial charge in [0.1, 0.15) is 0 Å². The van der Waals surface area contributed by atoms with Crippen LogP contribution >= 0.6 is 0 Å². The van der Waals surface area contributed by atoms with Gasteiger partial charge in [-0.05, 0) is 51.1 Å². The fourth-order valence-electron chi connectivity index (χ4n) is 2.76. The van der Waals surface area contributed by atoms with Crippen LogP contribution in [0, 0.1) is 5.92 Å². The van der Waals surface area contributed by atoms with Crippen LogP contribution in [-0.2, 0) is 5.60 Å². The molecule has 1 aliphatic carbocycles. The largest absolute Gasteiger partial charge is 0.385 e. The van der Waals surface area contributed by atoms with Gasteiger partial charge in [0.2, 0.25) is 0 Å². The van der Waals surface area contributed by atoms with Gasteiger partial charge in [-0.1, -0.05) is 0 Å². The maximum Gasteiger partial charge on any atom is 0.0937 e. The van der Waals surface area contributed by atoms with Crippen molar-refractivity contribution in [2.24, 2.45) is 5.92 Å². The molecule has 0 spiro atoms. The zero-order chi connectivity index (χ0) is 11.6. The summed E-state index contributed by atoms with van der Waals surface area (Å²) in [5.74, 6) is 0.338. The van der Waals surface area contributed by atoms with E-state index in [4.69, 9.17) is 0 Å². The first-order chi connectivity index (χ1) is 7.63. The number of pyridine rings is 1. The lowest BCUT2D eigenvalue weighted by atomic mass is 9.84. The van der Waals surface area contributed by atoms with Crippen molar-refractivity contribution in [2.45, 2.75) is 24.9 Å². The van der Waals surface area contributed by atoms with Crippen LogP contribution in [0.4, 0.5) is 0 Å². The first-order valence-corrected chi connectivity index (χ1v) is 5.90. The average Bonchev–Trinajstić information content (AvgIpc) is 2.62. The molecule has 0 saturated heterocycles. The second-order valence-corrected chi connectivity index (χ2v) is 5.01. The van der Waals surface area contributed by atoms with Crippen molar-refractivity contribution in [3.63, 3.8) is 0 Å².